The molecule has 31 heavy (non-hydrogen) atoms. The Morgan fingerprint density at radius 1 is 0.903 bits per heavy atom. The van der Waals surface area contributed by atoms with Gasteiger partial charge in [-0.15, -0.1) is 0 Å². The average molecular weight is 415 g/mol. The van der Waals surface area contributed by atoms with Crippen LogP contribution in [0.3, 0.4) is 0 Å². The number of ether oxygens (including phenoxy) is 1. The quantitative estimate of drug-likeness (QED) is 0.561. The number of amides is 2. The smallest absolute Gasteiger partial charge is 0.318 e. The molecule has 4 heteroatoms. The van der Waals surface area contributed by atoms with Crippen molar-refractivity contribution in [3.05, 3.63) is 108 Å². The summed E-state index contributed by atoms with van der Waals surface area (Å²) in [5.74, 6) is 0.370. The first kappa shape index (κ1) is 21.1. The van der Waals surface area contributed by atoms with Crippen molar-refractivity contribution in [1.82, 2.24) is 10.2 Å². The maximum absolute atomic E-state index is 13.2. The van der Waals surface area contributed by atoms with Gasteiger partial charge in [0.05, 0.1) is 19.3 Å². The third-order valence-electron chi connectivity index (χ3n) is 5.80. The first-order valence-electron chi connectivity index (χ1n) is 11.1. The molecule has 0 aromatic heterocycles. The van der Waals surface area contributed by atoms with Crippen LogP contribution in [-0.2, 0) is 11.3 Å². The van der Waals surface area contributed by atoms with Crippen molar-refractivity contribution >= 4 is 6.03 Å². The lowest BCUT2D eigenvalue weighted by Gasteiger charge is -2.34. The van der Waals surface area contributed by atoms with Gasteiger partial charge in [0.15, 0.2) is 0 Å². The molecule has 0 aliphatic carbocycles. The fraction of sp³-hybridized carbons (Fsp3) is 0.296. The molecule has 2 amide bonds. The number of hydrogen-bond acceptors (Lipinski definition) is 2. The van der Waals surface area contributed by atoms with Crippen LogP contribution in [0.25, 0.3) is 0 Å². The number of urea groups is 1. The van der Waals surface area contributed by atoms with Crippen LogP contribution in [0, 0.1) is 5.92 Å². The van der Waals surface area contributed by atoms with Crippen molar-refractivity contribution < 1.29 is 9.53 Å². The summed E-state index contributed by atoms with van der Waals surface area (Å²) in [5, 5.41) is 3.27. The van der Waals surface area contributed by atoms with Crippen LogP contribution in [0.4, 0.5) is 4.79 Å². The number of piperidine rings is 1. The molecular formula is C27H30N2O2. The molecule has 1 fully saturated rings. The molecule has 0 spiro atoms. The molecule has 3 aromatic carbocycles. The number of hydrogen-bond donors (Lipinski definition) is 1. The molecule has 160 valence electrons. The molecule has 1 unspecified atom stereocenters. The maximum Gasteiger partial charge on any atom is 0.318 e. The molecule has 1 N–H and O–H groups in total. The van der Waals surface area contributed by atoms with Crippen LogP contribution >= 0.6 is 0 Å². The predicted molar refractivity (Wildman–Crippen MR) is 124 cm³/mol. The van der Waals surface area contributed by atoms with Gasteiger partial charge in [0.25, 0.3) is 0 Å². The molecular weight excluding hydrogens is 384 g/mol. The molecule has 1 saturated heterocycles. The molecule has 1 aliphatic heterocycles. The van der Waals surface area contributed by atoms with Crippen molar-refractivity contribution in [3.63, 3.8) is 0 Å². The SMILES string of the molecule is O=C(NC(c1ccccc1)c1ccccc1)N1CCCC(COCc2ccccc2)C1. The fourth-order valence-corrected chi connectivity index (χ4v) is 4.17. The summed E-state index contributed by atoms with van der Waals surface area (Å²) in [6.07, 6.45) is 2.10. The molecule has 3 aromatic rings. The van der Waals surface area contributed by atoms with Gasteiger partial charge in [-0.2, -0.15) is 0 Å². The number of likely N-dealkylation sites (tertiary alicyclic amines) is 1. The Kier molecular flexibility index (Phi) is 7.35. The Bertz CT molecular complexity index is 892. The summed E-state index contributed by atoms with van der Waals surface area (Å²) < 4.78 is 5.95. The Hall–Kier alpha value is -3.11. The summed E-state index contributed by atoms with van der Waals surface area (Å²) in [5.41, 5.74) is 3.35. The highest BCUT2D eigenvalue weighted by Crippen LogP contribution is 2.23. The zero-order valence-corrected chi connectivity index (χ0v) is 17.8. The van der Waals surface area contributed by atoms with Crippen molar-refractivity contribution in [2.45, 2.75) is 25.5 Å². The van der Waals surface area contributed by atoms with Gasteiger partial charge in [-0.05, 0) is 29.5 Å². The zero-order valence-electron chi connectivity index (χ0n) is 17.8. The van der Waals surface area contributed by atoms with Gasteiger partial charge in [-0.3, -0.25) is 0 Å². The molecule has 4 rings (SSSR count). The summed E-state index contributed by atoms with van der Waals surface area (Å²) in [4.78, 5) is 15.1. The van der Waals surface area contributed by atoms with Crippen LogP contribution in [0.2, 0.25) is 0 Å². The van der Waals surface area contributed by atoms with E-state index in [1.54, 1.807) is 0 Å². The van der Waals surface area contributed by atoms with Gasteiger partial charge in [0.1, 0.15) is 0 Å². The van der Waals surface area contributed by atoms with E-state index in [1.165, 1.54) is 5.56 Å². The number of nitrogens with zero attached hydrogens (tertiary/aromatic N) is 1. The van der Waals surface area contributed by atoms with Gasteiger partial charge < -0.3 is 15.0 Å². The first-order valence-corrected chi connectivity index (χ1v) is 11.1. The second-order valence-electron chi connectivity index (χ2n) is 8.16. The maximum atomic E-state index is 13.2. The lowest BCUT2D eigenvalue weighted by Crippen LogP contribution is -2.47. The van der Waals surface area contributed by atoms with Crippen LogP contribution in [-0.4, -0.2) is 30.6 Å². The van der Waals surface area contributed by atoms with Crippen molar-refractivity contribution in [1.29, 1.82) is 0 Å². The van der Waals surface area contributed by atoms with Crippen molar-refractivity contribution in [2.24, 2.45) is 5.92 Å². The molecule has 0 radical (unpaired) electrons. The van der Waals surface area contributed by atoms with Crippen LogP contribution in [0.5, 0.6) is 0 Å². The standard InChI is InChI=1S/C27H30N2O2/c30-27(28-26(24-14-6-2-7-15-24)25-16-8-3-9-17-25)29-18-10-13-23(19-29)21-31-20-22-11-4-1-5-12-22/h1-9,11-12,14-17,23,26H,10,13,18-21H2,(H,28,30). The van der Waals surface area contributed by atoms with Gasteiger partial charge >= 0.3 is 6.03 Å². The van der Waals surface area contributed by atoms with Crippen molar-refractivity contribution in [3.8, 4) is 0 Å². The zero-order chi connectivity index (χ0) is 21.3. The van der Waals surface area contributed by atoms with E-state index in [4.69, 9.17) is 4.74 Å². The molecule has 0 bridgehead atoms. The Morgan fingerprint density at radius 2 is 1.48 bits per heavy atom. The lowest BCUT2D eigenvalue weighted by atomic mass is 9.98. The van der Waals surface area contributed by atoms with E-state index >= 15 is 0 Å². The first-order chi connectivity index (χ1) is 15.3. The highest BCUT2D eigenvalue weighted by Gasteiger charge is 2.26. The van der Waals surface area contributed by atoms with Gasteiger partial charge in [0.2, 0.25) is 0 Å². The normalized spacial score (nSPS) is 16.3. The molecule has 1 atom stereocenters. The second kappa shape index (κ2) is 10.8. The number of carbonyl (C=O) groups excluding carboxylic acids is 1. The summed E-state index contributed by atoms with van der Waals surface area (Å²) in [6, 6.07) is 30.4. The van der Waals surface area contributed by atoms with E-state index in [0.29, 0.717) is 19.1 Å². The minimum atomic E-state index is -0.162. The third-order valence-corrected chi connectivity index (χ3v) is 5.80. The largest absolute Gasteiger partial charge is 0.376 e. The number of carbonyl (C=O) groups is 1. The van der Waals surface area contributed by atoms with Crippen molar-refractivity contribution in [2.75, 3.05) is 19.7 Å². The highest BCUT2D eigenvalue weighted by molar-refractivity contribution is 5.75. The molecule has 4 nitrogen and oxygen atoms in total. The van der Waals surface area contributed by atoms with Crippen LogP contribution in [0.1, 0.15) is 35.6 Å². The van der Waals surface area contributed by atoms with Crippen LogP contribution < -0.4 is 5.32 Å². The van der Waals surface area contributed by atoms with Gasteiger partial charge in [-0.1, -0.05) is 91.0 Å². The summed E-state index contributed by atoms with van der Waals surface area (Å²) >= 11 is 0. The minimum absolute atomic E-state index is 0.00883. The Balaban J connectivity index is 1.36. The van der Waals surface area contributed by atoms with E-state index in [1.807, 2.05) is 59.5 Å². The summed E-state index contributed by atoms with van der Waals surface area (Å²) in [6.45, 7) is 2.82. The molecule has 1 aliphatic rings. The predicted octanol–water partition coefficient (Wildman–Crippen LogP) is 5.41. The van der Waals surface area contributed by atoms with E-state index in [2.05, 4.69) is 41.7 Å². The summed E-state index contributed by atoms with van der Waals surface area (Å²) in [7, 11) is 0. The van der Waals surface area contributed by atoms with Crippen LogP contribution in [0.15, 0.2) is 91.0 Å². The van der Waals surface area contributed by atoms with E-state index in [9.17, 15) is 4.79 Å². The Morgan fingerprint density at radius 3 is 2.10 bits per heavy atom. The lowest BCUT2D eigenvalue weighted by molar-refractivity contribution is 0.0589. The Labute approximate surface area is 184 Å². The van der Waals surface area contributed by atoms with E-state index in [0.717, 1.165) is 37.1 Å². The minimum Gasteiger partial charge on any atom is -0.376 e. The number of rotatable bonds is 7. The number of nitrogens with one attached hydrogen (secondary N) is 1. The fourth-order valence-electron chi connectivity index (χ4n) is 4.17. The highest BCUT2D eigenvalue weighted by atomic mass is 16.5. The molecule has 0 saturated carbocycles. The van der Waals surface area contributed by atoms with Gasteiger partial charge in [-0.25, -0.2) is 4.79 Å². The molecule has 1 heterocycles. The number of benzene rings is 3. The second-order valence-corrected chi connectivity index (χ2v) is 8.16. The topological polar surface area (TPSA) is 41.6 Å². The average Bonchev–Trinajstić information content (AvgIpc) is 2.84. The van der Waals surface area contributed by atoms with Gasteiger partial charge in [0, 0.05) is 19.0 Å². The van der Waals surface area contributed by atoms with E-state index in [-0.39, 0.29) is 12.1 Å². The third kappa shape index (κ3) is 5.96. The monoisotopic (exact) mass is 414 g/mol. The van der Waals surface area contributed by atoms with E-state index < -0.39 is 0 Å².